The third-order valence-electron chi connectivity index (χ3n) is 3.42. The van der Waals surface area contributed by atoms with Crippen LogP contribution < -0.4 is 5.32 Å². The number of nitrogens with one attached hydrogen (secondary N) is 1. The first kappa shape index (κ1) is 16.0. The quantitative estimate of drug-likeness (QED) is 0.708. The molecule has 0 atom stereocenters. The van der Waals surface area contributed by atoms with Crippen LogP contribution in [-0.2, 0) is 11.3 Å². The van der Waals surface area contributed by atoms with E-state index in [0.717, 1.165) is 11.1 Å². The Morgan fingerprint density at radius 1 is 1.12 bits per heavy atom. The minimum Gasteiger partial charge on any atom is -0.307 e. The maximum Gasteiger partial charge on any atom is 0.249 e. The zero-order chi connectivity index (χ0) is 16.8. The molecule has 0 aliphatic rings. The van der Waals surface area contributed by atoms with E-state index in [-0.39, 0.29) is 5.91 Å². The Kier molecular flexibility index (Phi) is 5.08. The second-order valence-electron chi connectivity index (χ2n) is 5.24. The first-order valence-corrected chi connectivity index (χ1v) is 7.89. The van der Waals surface area contributed by atoms with Crippen molar-refractivity contribution in [2.45, 2.75) is 6.54 Å². The summed E-state index contributed by atoms with van der Waals surface area (Å²) in [5.41, 5.74) is 1.99. The average Bonchev–Trinajstić information content (AvgIpc) is 3.01. The van der Waals surface area contributed by atoms with E-state index in [1.807, 2.05) is 42.5 Å². The lowest BCUT2D eigenvalue weighted by Gasteiger charge is -2.07. The first-order chi connectivity index (χ1) is 11.7. The molecular weight excluding hydrogens is 322 g/mol. The fourth-order valence-corrected chi connectivity index (χ4v) is 2.47. The van der Waals surface area contributed by atoms with Gasteiger partial charge in [0.25, 0.3) is 0 Å². The molecule has 3 aromatic rings. The molecule has 1 amide bonds. The largest absolute Gasteiger partial charge is 0.307 e. The van der Waals surface area contributed by atoms with E-state index < -0.39 is 0 Å². The molecule has 1 aromatic heterocycles. The van der Waals surface area contributed by atoms with Crippen LogP contribution in [0.15, 0.2) is 72.9 Å². The molecule has 0 saturated heterocycles. The second kappa shape index (κ2) is 7.62. The third-order valence-corrected chi connectivity index (χ3v) is 3.65. The molecule has 0 fully saturated rings. The van der Waals surface area contributed by atoms with Gasteiger partial charge in [-0.1, -0.05) is 54.1 Å². The maximum absolute atomic E-state index is 12.1. The molecule has 0 aliphatic carbocycles. The molecular formula is C19H16ClN3O. The third kappa shape index (κ3) is 4.33. The van der Waals surface area contributed by atoms with Gasteiger partial charge in [-0.3, -0.25) is 4.79 Å². The molecule has 0 bridgehead atoms. The number of hydrogen-bond acceptors (Lipinski definition) is 2. The summed E-state index contributed by atoms with van der Waals surface area (Å²) < 4.78 is 1.75. The van der Waals surface area contributed by atoms with Gasteiger partial charge in [0.2, 0.25) is 5.91 Å². The summed E-state index contributed by atoms with van der Waals surface area (Å²) in [6, 6.07) is 19.1. The molecule has 4 nitrogen and oxygen atoms in total. The smallest absolute Gasteiger partial charge is 0.249 e. The minimum absolute atomic E-state index is 0.218. The van der Waals surface area contributed by atoms with Crippen LogP contribution in [0.2, 0.25) is 5.02 Å². The van der Waals surface area contributed by atoms with Gasteiger partial charge in [-0.25, -0.2) is 4.68 Å². The molecule has 0 unspecified atom stereocenters. The lowest BCUT2D eigenvalue weighted by Crippen LogP contribution is -2.13. The van der Waals surface area contributed by atoms with Crippen molar-refractivity contribution in [3.63, 3.8) is 0 Å². The monoisotopic (exact) mass is 337 g/mol. The summed E-state index contributed by atoms with van der Waals surface area (Å²) >= 11 is 5.93. The van der Waals surface area contributed by atoms with Crippen LogP contribution in [0.25, 0.3) is 6.08 Å². The van der Waals surface area contributed by atoms with Gasteiger partial charge in [-0.2, -0.15) is 5.10 Å². The van der Waals surface area contributed by atoms with Crippen molar-refractivity contribution in [3.8, 4) is 0 Å². The predicted octanol–water partition coefficient (Wildman–Crippen LogP) is 4.24. The number of carbonyl (C=O) groups excluding carboxylic acids is 1. The standard InChI is InChI=1S/C19H16ClN3O/c20-17-8-4-7-15(13-17)9-10-19(24)22-18-11-12-21-23(18)14-16-5-2-1-3-6-16/h1-13H,14H2,(H,22,24)/b10-9+. The summed E-state index contributed by atoms with van der Waals surface area (Å²) in [4.78, 5) is 12.1. The van der Waals surface area contributed by atoms with Crippen LogP contribution in [-0.4, -0.2) is 15.7 Å². The number of aromatic nitrogens is 2. The van der Waals surface area contributed by atoms with Gasteiger partial charge < -0.3 is 5.32 Å². The molecule has 3 rings (SSSR count). The molecule has 120 valence electrons. The molecule has 2 aromatic carbocycles. The Bertz CT molecular complexity index is 856. The van der Waals surface area contributed by atoms with Crippen LogP contribution in [0.5, 0.6) is 0 Å². The number of benzene rings is 2. The van der Waals surface area contributed by atoms with Crippen LogP contribution in [0, 0.1) is 0 Å². The minimum atomic E-state index is -0.218. The van der Waals surface area contributed by atoms with Gasteiger partial charge in [0.1, 0.15) is 5.82 Å². The van der Waals surface area contributed by atoms with Gasteiger partial charge in [-0.05, 0) is 29.3 Å². The Morgan fingerprint density at radius 2 is 1.96 bits per heavy atom. The zero-order valence-electron chi connectivity index (χ0n) is 12.9. The van der Waals surface area contributed by atoms with E-state index in [0.29, 0.717) is 17.4 Å². The fourth-order valence-electron chi connectivity index (χ4n) is 2.27. The van der Waals surface area contributed by atoms with Crippen LogP contribution in [0.1, 0.15) is 11.1 Å². The second-order valence-corrected chi connectivity index (χ2v) is 5.67. The van der Waals surface area contributed by atoms with Gasteiger partial charge in [-0.15, -0.1) is 0 Å². The van der Waals surface area contributed by atoms with E-state index >= 15 is 0 Å². The highest BCUT2D eigenvalue weighted by Gasteiger charge is 2.05. The summed E-state index contributed by atoms with van der Waals surface area (Å²) in [5.74, 6) is 0.435. The fraction of sp³-hybridized carbons (Fsp3) is 0.0526. The molecule has 1 heterocycles. The van der Waals surface area contributed by atoms with Crippen molar-refractivity contribution in [2.75, 3.05) is 5.32 Å². The van der Waals surface area contributed by atoms with Crippen molar-refractivity contribution in [1.29, 1.82) is 0 Å². The lowest BCUT2D eigenvalue weighted by atomic mass is 10.2. The molecule has 5 heteroatoms. The summed E-state index contributed by atoms with van der Waals surface area (Å²) in [7, 11) is 0. The van der Waals surface area contributed by atoms with Crippen LogP contribution in [0.4, 0.5) is 5.82 Å². The van der Waals surface area contributed by atoms with Crippen molar-refractivity contribution >= 4 is 29.4 Å². The highest BCUT2D eigenvalue weighted by molar-refractivity contribution is 6.30. The summed E-state index contributed by atoms with van der Waals surface area (Å²) in [5, 5.41) is 7.73. The topological polar surface area (TPSA) is 46.9 Å². The van der Waals surface area contributed by atoms with E-state index in [4.69, 9.17) is 11.6 Å². The highest BCUT2D eigenvalue weighted by Crippen LogP contribution is 2.13. The summed E-state index contributed by atoms with van der Waals surface area (Å²) in [6.07, 6.45) is 4.86. The Hall–Kier alpha value is -2.85. The predicted molar refractivity (Wildman–Crippen MR) is 96.9 cm³/mol. The molecule has 24 heavy (non-hydrogen) atoms. The number of amides is 1. The Labute approximate surface area is 145 Å². The number of halogens is 1. The molecule has 0 radical (unpaired) electrons. The Balaban J connectivity index is 1.66. The van der Waals surface area contributed by atoms with Crippen molar-refractivity contribution in [3.05, 3.63) is 89.1 Å². The van der Waals surface area contributed by atoms with Gasteiger partial charge in [0, 0.05) is 17.2 Å². The Morgan fingerprint density at radius 3 is 2.75 bits per heavy atom. The highest BCUT2D eigenvalue weighted by atomic mass is 35.5. The number of carbonyl (C=O) groups is 1. The van der Waals surface area contributed by atoms with Gasteiger partial charge >= 0.3 is 0 Å². The van der Waals surface area contributed by atoms with E-state index in [1.54, 1.807) is 35.2 Å². The first-order valence-electron chi connectivity index (χ1n) is 7.51. The van der Waals surface area contributed by atoms with E-state index in [1.165, 1.54) is 6.08 Å². The van der Waals surface area contributed by atoms with E-state index in [2.05, 4.69) is 10.4 Å². The number of hydrogen-bond donors (Lipinski definition) is 1. The zero-order valence-corrected chi connectivity index (χ0v) is 13.6. The van der Waals surface area contributed by atoms with Crippen LogP contribution >= 0.6 is 11.6 Å². The lowest BCUT2D eigenvalue weighted by molar-refractivity contribution is -0.111. The molecule has 0 aliphatic heterocycles. The van der Waals surface area contributed by atoms with Gasteiger partial charge in [0.15, 0.2) is 0 Å². The normalized spacial score (nSPS) is 10.9. The van der Waals surface area contributed by atoms with Gasteiger partial charge in [0.05, 0.1) is 12.7 Å². The summed E-state index contributed by atoms with van der Waals surface area (Å²) in [6.45, 7) is 0.599. The average molecular weight is 338 g/mol. The molecule has 0 saturated carbocycles. The number of rotatable bonds is 5. The maximum atomic E-state index is 12.1. The van der Waals surface area contributed by atoms with Crippen LogP contribution in [0.3, 0.4) is 0 Å². The van der Waals surface area contributed by atoms with Crippen molar-refractivity contribution in [1.82, 2.24) is 9.78 Å². The van der Waals surface area contributed by atoms with E-state index in [9.17, 15) is 4.79 Å². The molecule has 1 N–H and O–H groups in total. The molecule has 0 spiro atoms. The SMILES string of the molecule is O=C(/C=C/c1cccc(Cl)c1)Nc1ccnn1Cc1ccccc1. The van der Waals surface area contributed by atoms with Crippen molar-refractivity contribution in [2.24, 2.45) is 0 Å². The number of anilines is 1. The van der Waals surface area contributed by atoms with Crippen molar-refractivity contribution < 1.29 is 4.79 Å². The number of nitrogens with zero attached hydrogens (tertiary/aromatic N) is 2.